The second-order valence-corrected chi connectivity index (χ2v) is 9.25. The van der Waals surface area contributed by atoms with E-state index in [-0.39, 0.29) is 29.5 Å². The van der Waals surface area contributed by atoms with Crippen molar-refractivity contribution in [3.8, 4) is 5.75 Å². The number of Topliss-reactive ketones (excluding diaryl/α,β-unsaturated/α-hetero) is 1. The van der Waals surface area contributed by atoms with E-state index in [0.29, 0.717) is 16.6 Å². The number of carbonyl (C=O) groups is 2. The average molecular weight is 425 g/mol. The Labute approximate surface area is 179 Å². The summed E-state index contributed by atoms with van der Waals surface area (Å²) in [6.45, 7) is 4.08. The second kappa shape index (κ2) is 7.23. The molecule has 4 unspecified atom stereocenters. The van der Waals surface area contributed by atoms with Gasteiger partial charge in [0, 0.05) is 5.38 Å². The summed E-state index contributed by atoms with van der Waals surface area (Å²) in [6, 6.07) is 6.98. The number of carbonyl (C=O) groups excluding carboxylic acids is 2. The monoisotopic (exact) mass is 424 g/mol. The number of hydrogen-bond donors (Lipinski definition) is 0. The number of nitrogens with zero attached hydrogens (tertiary/aromatic N) is 2. The van der Waals surface area contributed by atoms with Crippen LogP contribution in [0.15, 0.2) is 41.0 Å². The standard InChI is InChI=1S/C23H24N2O4S/c1-12-4-9-17-16(10-12)20(26)18-19(14-5-7-15(28-3)8-6-14)25(22(27)21(18)29-17)23-24-13(2)11-30-23/h5-8,11-12,16-17,19H,4,9-10H2,1-3H3. The maximum absolute atomic E-state index is 13.7. The molecule has 0 N–H and O–H groups in total. The summed E-state index contributed by atoms with van der Waals surface area (Å²) in [6.07, 6.45) is 2.43. The summed E-state index contributed by atoms with van der Waals surface area (Å²) in [5, 5.41) is 2.50. The number of anilines is 1. The maximum atomic E-state index is 13.7. The first kappa shape index (κ1) is 19.3. The minimum atomic E-state index is -0.533. The Hall–Kier alpha value is -2.67. The highest BCUT2D eigenvalue weighted by molar-refractivity contribution is 7.14. The van der Waals surface area contributed by atoms with Crippen LogP contribution in [0.5, 0.6) is 5.75 Å². The molecule has 5 rings (SSSR count). The van der Waals surface area contributed by atoms with E-state index < -0.39 is 6.04 Å². The Balaban J connectivity index is 1.63. The summed E-state index contributed by atoms with van der Waals surface area (Å²) in [7, 11) is 1.61. The van der Waals surface area contributed by atoms with Crippen LogP contribution in [-0.2, 0) is 14.3 Å². The van der Waals surface area contributed by atoms with Gasteiger partial charge in [0.2, 0.25) is 0 Å². The zero-order chi connectivity index (χ0) is 21.0. The molecule has 1 aliphatic carbocycles. The first-order valence-corrected chi connectivity index (χ1v) is 11.2. The lowest BCUT2D eigenvalue weighted by molar-refractivity contribution is -0.132. The van der Waals surface area contributed by atoms with Crippen molar-refractivity contribution in [2.24, 2.45) is 11.8 Å². The zero-order valence-corrected chi connectivity index (χ0v) is 18.1. The summed E-state index contributed by atoms with van der Waals surface area (Å²) >= 11 is 1.40. The van der Waals surface area contributed by atoms with Crippen LogP contribution in [-0.4, -0.2) is 29.9 Å². The van der Waals surface area contributed by atoms with Crippen LogP contribution in [0.2, 0.25) is 0 Å². The Kier molecular flexibility index (Phi) is 4.65. The van der Waals surface area contributed by atoms with Crippen LogP contribution in [0.25, 0.3) is 0 Å². The largest absolute Gasteiger partial charge is 0.497 e. The number of amides is 1. The Bertz CT molecular complexity index is 1040. The van der Waals surface area contributed by atoms with Crippen LogP contribution >= 0.6 is 11.3 Å². The molecule has 1 amide bonds. The van der Waals surface area contributed by atoms with E-state index in [9.17, 15) is 9.59 Å². The fourth-order valence-electron chi connectivity index (χ4n) is 4.83. The van der Waals surface area contributed by atoms with Crippen molar-refractivity contribution in [2.75, 3.05) is 12.0 Å². The SMILES string of the molecule is COc1ccc(C2C3=C(OC4CCC(C)CC4C3=O)C(=O)N2c2nc(C)cs2)cc1. The van der Waals surface area contributed by atoms with Gasteiger partial charge in [-0.15, -0.1) is 11.3 Å². The van der Waals surface area contributed by atoms with Crippen molar-refractivity contribution < 1.29 is 19.1 Å². The molecular formula is C23H24N2O4S. The van der Waals surface area contributed by atoms with Crippen LogP contribution in [0.1, 0.15) is 43.5 Å². The lowest BCUT2D eigenvalue weighted by Gasteiger charge is -2.37. The molecule has 1 aromatic heterocycles. The average Bonchev–Trinajstić information content (AvgIpc) is 3.30. The number of ether oxygens (including phenoxy) is 2. The van der Waals surface area contributed by atoms with Gasteiger partial charge < -0.3 is 9.47 Å². The van der Waals surface area contributed by atoms with E-state index in [2.05, 4.69) is 11.9 Å². The van der Waals surface area contributed by atoms with Gasteiger partial charge in [0.15, 0.2) is 16.7 Å². The number of rotatable bonds is 3. The lowest BCUT2D eigenvalue weighted by Crippen LogP contribution is -2.41. The lowest BCUT2D eigenvalue weighted by atomic mass is 9.74. The van der Waals surface area contributed by atoms with Gasteiger partial charge in [-0.25, -0.2) is 4.98 Å². The highest BCUT2D eigenvalue weighted by Gasteiger charge is 2.53. The first-order valence-electron chi connectivity index (χ1n) is 10.3. The van der Waals surface area contributed by atoms with Crippen molar-refractivity contribution >= 4 is 28.2 Å². The molecule has 4 atom stereocenters. The fraction of sp³-hybridized carbons (Fsp3) is 0.435. The van der Waals surface area contributed by atoms with Gasteiger partial charge in [-0.05, 0) is 49.8 Å². The van der Waals surface area contributed by atoms with Crippen molar-refractivity contribution in [1.82, 2.24) is 4.98 Å². The molecule has 0 spiro atoms. The summed E-state index contributed by atoms with van der Waals surface area (Å²) in [5.41, 5.74) is 2.17. The molecule has 2 aromatic rings. The molecule has 3 heterocycles. The predicted octanol–water partition coefficient (Wildman–Crippen LogP) is 4.21. The molecule has 0 radical (unpaired) electrons. The van der Waals surface area contributed by atoms with E-state index in [1.54, 1.807) is 12.0 Å². The molecule has 1 saturated carbocycles. The molecule has 6 nitrogen and oxygen atoms in total. The highest BCUT2D eigenvalue weighted by Crippen LogP contribution is 2.49. The van der Waals surface area contributed by atoms with Crippen molar-refractivity contribution in [1.29, 1.82) is 0 Å². The fourth-order valence-corrected chi connectivity index (χ4v) is 5.66. The van der Waals surface area contributed by atoms with Gasteiger partial charge in [0.1, 0.15) is 11.9 Å². The molecule has 0 saturated heterocycles. The molecule has 156 valence electrons. The van der Waals surface area contributed by atoms with Crippen LogP contribution < -0.4 is 9.64 Å². The number of methoxy groups -OCH3 is 1. The number of benzene rings is 1. The third-order valence-corrected chi connectivity index (χ3v) is 7.31. The Morgan fingerprint density at radius 1 is 1.20 bits per heavy atom. The van der Waals surface area contributed by atoms with Crippen LogP contribution in [0.4, 0.5) is 5.13 Å². The summed E-state index contributed by atoms with van der Waals surface area (Å²) in [5.74, 6) is 1.02. The number of aromatic nitrogens is 1. The van der Waals surface area contributed by atoms with Crippen LogP contribution in [0, 0.1) is 18.8 Å². The third-order valence-electron chi connectivity index (χ3n) is 6.35. The molecular weight excluding hydrogens is 400 g/mol. The predicted molar refractivity (Wildman–Crippen MR) is 113 cm³/mol. The second-order valence-electron chi connectivity index (χ2n) is 8.41. The van der Waals surface area contributed by atoms with E-state index >= 15 is 0 Å². The molecule has 2 aliphatic heterocycles. The normalized spacial score (nSPS) is 28.3. The number of thiazole rings is 1. The highest BCUT2D eigenvalue weighted by atomic mass is 32.1. The van der Waals surface area contributed by atoms with Crippen molar-refractivity contribution in [2.45, 2.75) is 45.3 Å². The Morgan fingerprint density at radius 3 is 2.63 bits per heavy atom. The van der Waals surface area contributed by atoms with Gasteiger partial charge in [-0.1, -0.05) is 19.1 Å². The number of ketones is 1. The van der Waals surface area contributed by atoms with E-state index in [1.165, 1.54) is 11.3 Å². The number of hydrogen-bond acceptors (Lipinski definition) is 6. The van der Waals surface area contributed by atoms with Crippen LogP contribution in [0.3, 0.4) is 0 Å². The van der Waals surface area contributed by atoms with E-state index in [1.807, 2.05) is 36.6 Å². The quantitative estimate of drug-likeness (QED) is 0.738. The minimum Gasteiger partial charge on any atom is -0.497 e. The number of aryl methyl sites for hydroxylation is 1. The molecule has 1 fully saturated rings. The minimum absolute atomic E-state index is 0.0535. The van der Waals surface area contributed by atoms with Gasteiger partial charge in [-0.2, -0.15) is 0 Å². The zero-order valence-electron chi connectivity index (χ0n) is 17.3. The topological polar surface area (TPSA) is 68.7 Å². The van der Waals surface area contributed by atoms with E-state index in [4.69, 9.17) is 9.47 Å². The first-order chi connectivity index (χ1) is 14.5. The van der Waals surface area contributed by atoms with Gasteiger partial charge in [0.05, 0.1) is 30.3 Å². The van der Waals surface area contributed by atoms with Gasteiger partial charge in [-0.3, -0.25) is 14.5 Å². The molecule has 7 heteroatoms. The van der Waals surface area contributed by atoms with Crippen molar-refractivity contribution in [3.63, 3.8) is 0 Å². The molecule has 0 bridgehead atoms. The molecule has 3 aliphatic rings. The smallest absolute Gasteiger partial charge is 0.296 e. The van der Waals surface area contributed by atoms with Gasteiger partial charge >= 0.3 is 0 Å². The summed E-state index contributed by atoms with van der Waals surface area (Å²) < 4.78 is 11.5. The summed E-state index contributed by atoms with van der Waals surface area (Å²) in [4.78, 5) is 33.3. The Morgan fingerprint density at radius 2 is 1.97 bits per heavy atom. The molecule has 1 aromatic carbocycles. The maximum Gasteiger partial charge on any atom is 0.296 e. The van der Waals surface area contributed by atoms with Crippen molar-refractivity contribution in [3.05, 3.63) is 52.2 Å². The third kappa shape index (κ3) is 2.95. The van der Waals surface area contributed by atoms with Gasteiger partial charge in [0.25, 0.3) is 5.91 Å². The molecule has 30 heavy (non-hydrogen) atoms. The number of fused-ring (bicyclic) bond motifs is 1. The van der Waals surface area contributed by atoms with E-state index in [0.717, 1.165) is 36.3 Å².